The molecule has 7 heteroatoms. The van der Waals surface area contributed by atoms with Crippen LogP contribution in [0.4, 0.5) is 0 Å². The van der Waals surface area contributed by atoms with Gasteiger partial charge in [0.1, 0.15) is 0 Å². The van der Waals surface area contributed by atoms with E-state index in [1.165, 1.54) is 0 Å². The standard InChI is InChI=1S/C12H24N2O4S/c1-3-12(2,4-6-15)14-11(16)8-10-9-19(17,18)7-5-13-10/h10,13,15H,3-9H2,1-2H3,(H,14,16). The van der Waals surface area contributed by atoms with E-state index in [9.17, 15) is 13.2 Å². The molecule has 1 amide bonds. The Hall–Kier alpha value is -0.660. The molecule has 3 N–H and O–H groups in total. The van der Waals surface area contributed by atoms with Gasteiger partial charge in [0.15, 0.2) is 9.84 Å². The van der Waals surface area contributed by atoms with E-state index in [0.717, 1.165) is 6.42 Å². The minimum Gasteiger partial charge on any atom is -0.396 e. The third-order valence-electron chi connectivity index (χ3n) is 3.62. The largest absolute Gasteiger partial charge is 0.396 e. The fourth-order valence-electron chi connectivity index (χ4n) is 2.18. The average Bonchev–Trinajstić information content (AvgIpc) is 2.27. The van der Waals surface area contributed by atoms with Gasteiger partial charge in [0.2, 0.25) is 5.91 Å². The Bertz CT molecular complexity index is 410. The predicted molar refractivity (Wildman–Crippen MR) is 73.6 cm³/mol. The van der Waals surface area contributed by atoms with Crippen molar-refractivity contribution >= 4 is 15.7 Å². The van der Waals surface area contributed by atoms with Crippen molar-refractivity contribution in [2.45, 2.75) is 44.7 Å². The minimum atomic E-state index is -3.02. The van der Waals surface area contributed by atoms with Crippen molar-refractivity contribution in [2.24, 2.45) is 0 Å². The van der Waals surface area contributed by atoms with Gasteiger partial charge in [0.05, 0.1) is 11.5 Å². The van der Waals surface area contributed by atoms with Crippen LogP contribution in [0.15, 0.2) is 0 Å². The van der Waals surface area contributed by atoms with Crippen LogP contribution in [0.3, 0.4) is 0 Å². The fraction of sp³-hybridized carbons (Fsp3) is 0.917. The summed E-state index contributed by atoms with van der Waals surface area (Å²) in [5, 5.41) is 14.9. The lowest BCUT2D eigenvalue weighted by atomic mass is 9.94. The molecule has 1 fully saturated rings. The Morgan fingerprint density at radius 2 is 2.21 bits per heavy atom. The van der Waals surface area contributed by atoms with E-state index < -0.39 is 15.4 Å². The Morgan fingerprint density at radius 3 is 2.74 bits per heavy atom. The predicted octanol–water partition coefficient (Wildman–Crippen LogP) is -0.570. The average molecular weight is 292 g/mol. The van der Waals surface area contributed by atoms with Crippen molar-refractivity contribution in [1.29, 1.82) is 0 Å². The summed E-state index contributed by atoms with van der Waals surface area (Å²) in [6.45, 7) is 4.24. The molecule has 0 spiro atoms. The minimum absolute atomic E-state index is 0.0146. The summed E-state index contributed by atoms with van der Waals surface area (Å²) in [6, 6.07) is -0.311. The first kappa shape index (κ1) is 16.4. The normalized spacial score (nSPS) is 25.5. The van der Waals surface area contributed by atoms with E-state index in [4.69, 9.17) is 5.11 Å². The third kappa shape index (κ3) is 5.46. The van der Waals surface area contributed by atoms with Crippen molar-refractivity contribution in [3.05, 3.63) is 0 Å². The Balaban J connectivity index is 2.51. The van der Waals surface area contributed by atoms with Crippen LogP contribution in [0.2, 0.25) is 0 Å². The van der Waals surface area contributed by atoms with Gasteiger partial charge in [0.25, 0.3) is 0 Å². The van der Waals surface area contributed by atoms with Gasteiger partial charge in [-0.05, 0) is 19.8 Å². The number of amides is 1. The molecule has 1 rings (SSSR count). The molecule has 0 radical (unpaired) electrons. The van der Waals surface area contributed by atoms with Gasteiger partial charge in [-0.15, -0.1) is 0 Å². The van der Waals surface area contributed by atoms with E-state index in [1.807, 2.05) is 13.8 Å². The van der Waals surface area contributed by atoms with E-state index in [0.29, 0.717) is 13.0 Å². The van der Waals surface area contributed by atoms with Crippen molar-refractivity contribution < 1.29 is 18.3 Å². The van der Waals surface area contributed by atoms with Crippen LogP contribution in [0.1, 0.15) is 33.1 Å². The van der Waals surface area contributed by atoms with Gasteiger partial charge in [-0.1, -0.05) is 6.92 Å². The van der Waals surface area contributed by atoms with E-state index in [-0.39, 0.29) is 36.5 Å². The lowest BCUT2D eigenvalue weighted by Crippen LogP contribution is -2.51. The van der Waals surface area contributed by atoms with Crippen molar-refractivity contribution in [3.63, 3.8) is 0 Å². The highest BCUT2D eigenvalue weighted by atomic mass is 32.2. The maximum absolute atomic E-state index is 11.9. The van der Waals surface area contributed by atoms with Crippen molar-refractivity contribution in [3.8, 4) is 0 Å². The summed E-state index contributed by atoms with van der Waals surface area (Å²) in [6.07, 6.45) is 1.36. The van der Waals surface area contributed by atoms with E-state index in [1.54, 1.807) is 0 Å². The highest BCUT2D eigenvalue weighted by Gasteiger charge is 2.29. The first-order chi connectivity index (χ1) is 8.80. The summed E-state index contributed by atoms with van der Waals surface area (Å²) in [5.41, 5.74) is -0.431. The first-order valence-electron chi connectivity index (χ1n) is 6.66. The van der Waals surface area contributed by atoms with Gasteiger partial charge in [-0.2, -0.15) is 0 Å². The monoisotopic (exact) mass is 292 g/mol. The van der Waals surface area contributed by atoms with Crippen LogP contribution < -0.4 is 10.6 Å². The molecule has 1 heterocycles. The highest BCUT2D eigenvalue weighted by molar-refractivity contribution is 7.91. The molecule has 0 aromatic rings. The molecule has 0 saturated carbocycles. The molecule has 1 aliphatic rings. The van der Waals surface area contributed by atoms with Gasteiger partial charge in [-0.25, -0.2) is 8.42 Å². The second kappa shape index (κ2) is 6.67. The number of hydrogen-bond acceptors (Lipinski definition) is 5. The number of nitrogens with one attached hydrogen (secondary N) is 2. The summed E-state index contributed by atoms with van der Waals surface area (Å²) in [4.78, 5) is 11.9. The van der Waals surface area contributed by atoms with Crippen LogP contribution >= 0.6 is 0 Å². The van der Waals surface area contributed by atoms with Crippen LogP contribution in [0.5, 0.6) is 0 Å². The zero-order chi connectivity index (χ0) is 14.5. The van der Waals surface area contributed by atoms with Gasteiger partial charge in [0, 0.05) is 31.2 Å². The molecule has 6 nitrogen and oxygen atoms in total. The number of sulfone groups is 1. The van der Waals surface area contributed by atoms with Crippen molar-refractivity contribution in [1.82, 2.24) is 10.6 Å². The van der Waals surface area contributed by atoms with Crippen LogP contribution in [0, 0.1) is 0 Å². The van der Waals surface area contributed by atoms with Gasteiger partial charge in [-0.3, -0.25) is 4.79 Å². The van der Waals surface area contributed by atoms with Gasteiger partial charge >= 0.3 is 0 Å². The Morgan fingerprint density at radius 1 is 1.53 bits per heavy atom. The van der Waals surface area contributed by atoms with Crippen molar-refractivity contribution in [2.75, 3.05) is 24.7 Å². The molecule has 1 aliphatic heterocycles. The molecule has 112 valence electrons. The summed E-state index contributed by atoms with van der Waals surface area (Å²) in [7, 11) is -3.02. The van der Waals surface area contributed by atoms with Crippen LogP contribution in [-0.4, -0.2) is 55.7 Å². The maximum atomic E-state index is 11.9. The number of rotatable bonds is 6. The highest BCUT2D eigenvalue weighted by Crippen LogP contribution is 2.14. The Labute approximate surface area is 114 Å². The number of carbonyl (C=O) groups is 1. The van der Waals surface area contributed by atoms with Crippen LogP contribution in [-0.2, 0) is 14.6 Å². The van der Waals surface area contributed by atoms with Gasteiger partial charge < -0.3 is 15.7 Å². The zero-order valence-electron chi connectivity index (χ0n) is 11.6. The Kier molecular flexibility index (Phi) is 5.76. The quantitative estimate of drug-likeness (QED) is 0.609. The number of hydrogen-bond donors (Lipinski definition) is 3. The molecular weight excluding hydrogens is 268 g/mol. The SMILES string of the molecule is CCC(C)(CCO)NC(=O)CC1CS(=O)(=O)CCN1. The maximum Gasteiger partial charge on any atom is 0.222 e. The second-order valence-corrected chi connectivity index (χ2v) is 7.63. The summed E-state index contributed by atoms with van der Waals surface area (Å²) in [5.74, 6) is -0.0154. The smallest absolute Gasteiger partial charge is 0.222 e. The molecule has 0 aromatic carbocycles. The van der Waals surface area contributed by atoms with E-state index in [2.05, 4.69) is 10.6 Å². The van der Waals surface area contributed by atoms with Crippen LogP contribution in [0.25, 0.3) is 0 Å². The van der Waals surface area contributed by atoms with E-state index >= 15 is 0 Å². The molecule has 0 bridgehead atoms. The topological polar surface area (TPSA) is 95.5 Å². The fourth-order valence-corrected chi connectivity index (χ4v) is 3.63. The molecule has 1 saturated heterocycles. The molecule has 19 heavy (non-hydrogen) atoms. The molecule has 0 aromatic heterocycles. The number of aliphatic hydroxyl groups is 1. The molecular formula is C12H24N2O4S. The first-order valence-corrected chi connectivity index (χ1v) is 8.48. The number of carbonyl (C=O) groups excluding carboxylic acids is 1. The second-order valence-electron chi connectivity index (χ2n) is 5.41. The number of aliphatic hydroxyl groups excluding tert-OH is 1. The lowest BCUT2D eigenvalue weighted by molar-refractivity contribution is -0.123. The molecule has 2 atom stereocenters. The zero-order valence-corrected chi connectivity index (χ0v) is 12.4. The third-order valence-corrected chi connectivity index (χ3v) is 5.35. The summed E-state index contributed by atoms with van der Waals surface area (Å²) < 4.78 is 23.0. The lowest BCUT2D eigenvalue weighted by Gasteiger charge is -2.30. The molecule has 2 unspecified atom stereocenters. The molecule has 0 aliphatic carbocycles. The summed E-state index contributed by atoms with van der Waals surface area (Å²) >= 11 is 0.